The zero-order chi connectivity index (χ0) is 20.1. The lowest BCUT2D eigenvalue weighted by Gasteiger charge is -2.26. The molecule has 8 heteroatoms. The molecular weight excluding hydrogens is 365 g/mol. The van der Waals surface area contributed by atoms with Crippen molar-refractivity contribution in [3.8, 4) is 0 Å². The second-order valence-electron chi connectivity index (χ2n) is 6.33. The van der Waals surface area contributed by atoms with Crippen LogP contribution in [0.2, 0.25) is 0 Å². The number of hydrogen-bond donors (Lipinski definition) is 2. The first-order chi connectivity index (χ1) is 13.4. The van der Waals surface area contributed by atoms with Gasteiger partial charge in [-0.1, -0.05) is 30.3 Å². The van der Waals surface area contributed by atoms with Crippen LogP contribution >= 0.6 is 0 Å². The number of imide groups is 1. The van der Waals surface area contributed by atoms with Gasteiger partial charge in [-0.15, -0.1) is 0 Å². The van der Waals surface area contributed by atoms with Crippen molar-refractivity contribution in [3.05, 3.63) is 71.0 Å². The van der Waals surface area contributed by atoms with Crippen molar-refractivity contribution in [2.45, 2.75) is 19.3 Å². The Morgan fingerprint density at radius 2 is 1.64 bits per heavy atom. The number of carbonyl (C=O) groups excluding carboxylic acids is 4. The zero-order valence-corrected chi connectivity index (χ0v) is 14.9. The normalized spacial score (nSPS) is 13.1. The smallest absolute Gasteiger partial charge is 0.260 e. The highest BCUT2D eigenvalue weighted by atomic mass is 19.1. The molecule has 0 radical (unpaired) electrons. The van der Waals surface area contributed by atoms with E-state index in [1.165, 1.54) is 24.3 Å². The summed E-state index contributed by atoms with van der Waals surface area (Å²) in [7, 11) is 0. The van der Waals surface area contributed by atoms with Gasteiger partial charge in [-0.05, 0) is 29.3 Å². The summed E-state index contributed by atoms with van der Waals surface area (Å²) in [5.41, 5.74) is 6.21. The van der Waals surface area contributed by atoms with Crippen molar-refractivity contribution < 1.29 is 23.6 Å². The average Bonchev–Trinajstić information content (AvgIpc) is 2.68. The number of nitrogens with zero attached hydrogens (tertiary/aromatic N) is 1. The summed E-state index contributed by atoms with van der Waals surface area (Å²) in [6.07, 6.45) is -0.0607. The van der Waals surface area contributed by atoms with Crippen LogP contribution < -0.4 is 10.9 Å². The first-order valence-electron chi connectivity index (χ1n) is 8.69. The van der Waals surface area contributed by atoms with Crippen LogP contribution in [-0.4, -0.2) is 35.1 Å². The van der Waals surface area contributed by atoms with Gasteiger partial charge in [-0.2, -0.15) is 0 Å². The quantitative estimate of drug-likeness (QED) is 0.598. The second-order valence-corrected chi connectivity index (χ2v) is 6.33. The molecule has 4 amide bonds. The third-order valence-electron chi connectivity index (χ3n) is 4.32. The molecule has 3 rings (SSSR count). The molecule has 1 heterocycles. The van der Waals surface area contributed by atoms with Gasteiger partial charge in [0.25, 0.3) is 5.91 Å². The Kier molecular flexibility index (Phi) is 5.78. The molecule has 0 aliphatic carbocycles. The number of amides is 4. The summed E-state index contributed by atoms with van der Waals surface area (Å²) >= 11 is 0. The number of fused-ring (bicyclic) bond motifs is 1. The van der Waals surface area contributed by atoms with Gasteiger partial charge in [0.15, 0.2) is 0 Å². The van der Waals surface area contributed by atoms with Gasteiger partial charge in [0.05, 0.1) is 12.8 Å². The van der Waals surface area contributed by atoms with Crippen molar-refractivity contribution in [3.63, 3.8) is 0 Å². The van der Waals surface area contributed by atoms with Crippen LogP contribution in [0.4, 0.5) is 4.39 Å². The van der Waals surface area contributed by atoms with E-state index in [2.05, 4.69) is 10.9 Å². The minimum atomic E-state index is -0.535. The van der Waals surface area contributed by atoms with Gasteiger partial charge in [-0.3, -0.25) is 34.9 Å². The van der Waals surface area contributed by atoms with Crippen molar-refractivity contribution in [2.75, 3.05) is 6.54 Å². The van der Waals surface area contributed by atoms with E-state index in [1.54, 1.807) is 24.3 Å². The number of hydrogen-bond acceptors (Lipinski definition) is 4. The highest BCUT2D eigenvalue weighted by molar-refractivity contribution is 6.09. The first kappa shape index (κ1) is 19.2. The molecule has 7 nitrogen and oxygen atoms in total. The Balaban J connectivity index is 1.46. The molecule has 144 valence electrons. The molecule has 0 fully saturated rings. The lowest BCUT2D eigenvalue weighted by atomic mass is 9.98. The van der Waals surface area contributed by atoms with E-state index in [-0.39, 0.29) is 31.7 Å². The van der Waals surface area contributed by atoms with E-state index in [0.29, 0.717) is 16.7 Å². The van der Waals surface area contributed by atoms with Crippen molar-refractivity contribution in [1.82, 2.24) is 15.8 Å². The predicted molar refractivity (Wildman–Crippen MR) is 97.2 cm³/mol. The fourth-order valence-corrected chi connectivity index (χ4v) is 2.87. The summed E-state index contributed by atoms with van der Waals surface area (Å²) < 4.78 is 12.8. The third kappa shape index (κ3) is 4.59. The minimum absolute atomic E-state index is 0.0273. The maximum atomic E-state index is 12.8. The highest BCUT2D eigenvalue weighted by Gasteiger charge is 2.30. The van der Waals surface area contributed by atoms with Crippen LogP contribution in [0.25, 0.3) is 0 Å². The molecule has 0 atom stereocenters. The van der Waals surface area contributed by atoms with E-state index in [0.717, 1.165) is 4.90 Å². The van der Waals surface area contributed by atoms with E-state index in [1.807, 2.05) is 0 Å². The molecule has 0 spiro atoms. The fraction of sp³-hybridized carbons (Fsp3) is 0.200. The SMILES string of the molecule is O=C(CCN1C(=O)Cc2ccccc2C1=O)NNC(=O)Cc1ccc(F)cc1. The summed E-state index contributed by atoms with van der Waals surface area (Å²) in [5, 5.41) is 0. The van der Waals surface area contributed by atoms with E-state index < -0.39 is 23.5 Å². The second kappa shape index (κ2) is 8.43. The van der Waals surface area contributed by atoms with E-state index in [4.69, 9.17) is 0 Å². The summed E-state index contributed by atoms with van der Waals surface area (Å²) in [6.45, 7) is -0.0777. The number of benzene rings is 2. The van der Waals surface area contributed by atoms with E-state index >= 15 is 0 Å². The Morgan fingerprint density at radius 1 is 0.964 bits per heavy atom. The molecule has 0 bridgehead atoms. The highest BCUT2D eigenvalue weighted by Crippen LogP contribution is 2.19. The topological polar surface area (TPSA) is 95.6 Å². The lowest BCUT2D eigenvalue weighted by Crippen LogP contribution is -2.46. The van der Waals surface area contributed by atoms with Gasteiger partial charge in [0.2, 0.25) is 17.7 Å². The molecule has 28 heavy (non-hydrogen) atoms. The Bertz CT molecular complexity index is 927. The molecule has 0 saturated heterocycles. The minimum Gasteiger partial charge on any atom is -0.278 e. The molecule has 0 saturated carbocycles. The molecular formula is C20H18FN3O4. The number of hydrazine groups is 1. The number of nitrogens with one attached hydrogen (secondary N) is 2. The number of rotatable bonds is 5. The summed E-state index contributed by atoms with van der Waals surface area (Å²) in [5.74, 6) is -2.20. The van der Waals surface area contributed by atoms with Crippen LogP contribution in [0, 0.1) is 5.82 Å². The van der Waals surface area contributed by atoms with Gasteiger partial charge in [-0.25, -0.2) is 4.39 Å². The van der Waals surface area contributed by atoms with Crippen LogP contribution in [0.15, 0.2) is 48.5 Å². The Labute approximate surface area is 160 Å². The largest absolute Gasteiger partial charge is 0.278 e. The molecule has 1 aliphatic heterocycles. The molecule has 0 unspecified atom stereocenters. The molecule has 0 aromatic heterocycles. The summed E-state index contributed by atoms with van der Waals surface area (Å²) in [6, 6.07) is 12.3. The summed E-state index contributed by atoms with van der Waals surface area (Å²) in [4.78, 5) is 49.3. The maximum Gasteiger partial charge on any atom is 0.260 e. The van der Waals surface area contributed by atoms with E-state index in [9.17, 15) is 23.6 Å². The first-order valence-corrected chi connectivity index (χ1v) is 8.69. The predicted octanol–water partition coefficient (Wildman–Crippen LogP) is 1.13. The number of halogens is 1. The Morgan fingerprint density at radius 3 is 2.39 bits per heavy atom. The monoisotopic (exact) mass is 383 g/mol. The molecule has 2 aromatic carbocycles. The van der Waals surface area contributed by atoms with Crippen molar-refractivity contribution in [1.29, 1.82) is 0 Å². The zero-order valence-electron chi connectivity index (χ0n) is 14.9. The van der Waals surface area contributed by atoms with Gasteiger partial charge < -0.3 is 0 Å². The van der Waals surface area contributed by atoms with Gasteiger partial charge in [0, 0.05) is 18.5 Å². The van der Waals surface area contributed by atoms with Gasteiger partial charge >= 0.3 is 0 Å². The van der Waals surface area contributed by atoms with Crippen LogP contribution in [0.5, 0.6) is 0 Å². The molecule has 2 aromatic rings. The Hall–Kier alpha value is -3.55. The molecule has 1 aliphatic rings. The van der Waals surface area contributed by atoms with Gasteiger partial charge in [0.1, 0.15) is 5.82 Å². The average molecular weight is 383 g/mol. The number of carbonyl (C=O) groups is 4. The van der Waals surface area contributed by atoms with Crippen LogP contribution in [-0.2, 0) is 27.2 Å². The maximum absolute atomic E-state index is 12.8. The third-order valence-corrected chi connectivity index (χ3v) is 4.32. The molecule has 2 N–H and O–H groups in total. The van der Waals surface area contributed by atoms with Crippen molar-refractivity contribution in [2.24, 2.45) is 0 Å². The lowest BCUT2D eigenvalue weighted by molar-refractivity contribution is -0.131. The van der Waals surface area contributed by atoms with Crippen LogP contribution in [0.1, 0.15) is 27.9 Å². The fourth-order valence-electron chi connectivity index (χ4n) is 2.87. The standard InChI is InChI=1S/C20H18FN3O4/c21-15-7-5-13(6-8-15)11-18(26)23-22-17(25)9-10-24-19(27)12-14-3-1-2-4-16(14)20(24)28/h1-8H,9-12H2,(H,22,25)(H,23,26). The van der Waals surface area contributed by atoms with Crippen LogP contribution in [0.3, 0.4) is 0 Å². The van der Waals surface area contributed by atoms with Crippen molar-refractivity contribution >= 4 is 23.6 Å².